The molecule has 1 fully saturated rings. The molecule has 0 radical (unpaired) electrons. The van der Waals surface area contributed by atoms with E-state index in [4.69, 9.17) is 5.26 Å². The van der Waals surface area contributed by atoms with Gasteiger partial charge in [0.15, 0.2) is 0 Å². The van der Waals surface area contributed by atoms with Gasteiger partial charge in [0, 0.05) is 19.0 Å². The van der Waals surface area contributed by atoms with Gasteiger partial charge in [-0.2, -0.15) is 5.26 Å². The fourth-order valence-corrected chi connectivity index (χ4v) is 4.26. The molecule has 1 heterocycles. The number of rotatable bonds is 3. The van der Waals surface area contributed by atoms with Gasteiger partial charge in [0.25, 0.3) is 0 Å². The summed E-state index contributed by atoms with van der Waals surface area (Å²) in [4.78, 5) is 14.6. The number of hydrogen-bond acceptors (Lipinski definition) is 3. The topological polar surface area (TPSA) is 56.1 Å². The normalized spacial score (nSPS) is 19.2. The molecule has 0 spiro atoms. The Bertz CT molecular complexity index is 945. The van der Waals surface area contributed by atoms with Gasteiger partial charge in [0.05, 0.1) is 23.4 Å². The number of carbonyl (C=O) groups is 1. The van der Waals surface area contributed by atoms with Gasteiger partial charge in [-0.1, -0.05) is 12.1 Å². The summed E-state index contributed by atoms with van der Waals surface area (Å²) in [5, 5.41) is 11.9. The lowest BCUT2D eigenvalue weighted by Crippen LogP contribution is -2.41. The molecule has 144 valence electrons. The van der Waals surface area contributed by atoms with Crippen LogP contribution in [0.1, 0.15) is 42.0 Å². The lowest BCUT2D eigenvalue weighted by molar-refractivity contribution is -0.126. The third-order valence-electron chi connectivity index (χ3n) is 5.81. The Morgan fingerprint density at radius 2 is 1.89 bits per heavy atom. The predicted molar refractivity (Wildman–Crippen MR) is 102 cm³/mol. The van der Waals surface area contributed by atoms with Crippen molar-refractivity contribution >= 4 is 11.6 Å². The summed E-state index contributed by atoms with van der Waals surface area (Å²) in [6, 6.07) is 11.3. The highest BCUT2D eigenvalue weighted by molar-refractivity contribution is 5.79. The van der Waals surface area contributed by atoms with Crippen molar-refractivity contribution in [3.8, 4) is 6.07 Å². The van der Waals surface area contributed by atoms with Crippen LogP contribution in [0.15, 0.2) is 36.4 Å². The third kappa shape index (κ3) is 3.45. The number of benzene rings is 2. The fourth-order valence-electron chi connectivity index (χ4n) is 4.26. The van der Waals surface area contributed by atoms with Gasteiger partial charge in [-0.3, -0.25) is 4.79 Å². The van der Waals surface area contributed by atoms with Crippen LogP contribution in [0.3, 0.4) is 0 Å². The first-order valence-corrected chi connectivity index (χ1v) is 9.59. The van der Waals surface area contributed by atoms with Crippen molar-refractivity contribution in [2.45, 2.75) is 31.7 Å². The molecule has 6 heteroatoms. The quantitative estimate of drug-likeness (QED) is 0.879. The Kier molecular flexibility index (Phi) is 4.99. The number of nitrogens with zero attached hydrogens (tertiary/aromatic N) is 2. The van der Waals surface area contributed by atoms with Crippen molar-refractivity contribution in [1.82, 2.24) is 5.32 Å². The van der Waals surface area contributed by atoms with Crippen LogP contribution in [0, 0.1) is 28.9 Å². The Labute approximate surface area is 162 Å². The van der Waals surface area contributed by atoms with Gasteiger partial charge in [-0.05, 0) is 61.1 Å². The van der Waals surface area contributed by atoms with Crippen molar-refractivity contribution in [1.29, 1.82) is 5.26 Å². The fraction of sp³-hybridized carbons (Fsp3) is 0.364. The zero-order valence-corrected chi connectivity index (χ0v) is 15.4. The minimum absolute atomic E-state index is 0.0120. The molecule has 2 aliphatic rings. The SMILES string of the molecule is N#Cc1ccc(N2CCC(C(=O)NC3CCc4c(F)cccc43)CC2)c(F)c1. The average Bonchev–Trinajstić information content (AvgIpc) is 3.12. The second kappa shape index (κ2) is 7.59. The molecule has 1 amide bonds. The van der Waals surface area contributed by atoms with E-state index in [1.807, 2.05) is 17.0 Å². The monoisotopic (exact) mass is 381 g/mol. The highest BCUT2D eigenvalue weighted by Crippen LogP contribution is 2.33. The molecule has 1 unspecified atom stereocenters. The van der Waals surface area contributed by atoms with E-state index in [-0.39, 0.29) is 23.7 Å². The van der Waals surface area contributed by atoms with Crippen molar-refractivity contribution in [2.24, 2.45) is 5.92 Å². The number of hydrogen-bond donors (Lipinski definition) is 1. The lowest BCUT2D eigenvalue weighted by atomic mass is 9.94. The smallest absolute Gasteiger partial charge is 0.223 e. The summed E-state index contributed by atoms with van der Waals surface area (Å²) in [5.74, 6) is -0.754. The first kappa shape index (κ1) is 18.4. The summed E-state index contributed by atoms with van der Waals surface area (Å²) in [5.41, 5.74) is 2.35. The van der Waals surface area contributed by atoms with Gasteiger partial charge in [0.1, 0.15) is 11.6 Å². The lowest BCUT2D eigenvalue weighted by Gasteiger charge is -2.33. The molecular formula is C22H21F2N3O. The molecule has 28 heavy (non-hydrogen) atoms. The van der Waals surface area contributed by atoms with Crippen molar-refractivity contribution in [2.75, 3.05) is 18.0 Å². The van der Waals surface area contributed by atoms with Crippen LogP contribution in [0.25, 0.3) is 0 Å². The van der Waals surface area contributed by atoms with Gasteiger partial charge >= 0.3 is 0 Å². The Balaban J connectivity index is 1.37. The second-order valence-corrected chi connectivity index (χ2v) is 7.45. The number of nitrogens with one attached hydrogen (secondary N) is 1. The van der Waals surface area contributed by atoms with E-state index in [1.54, 1.807) is 18.2 Å². The average molecular weight is 381 g/mol. The molecule has 4 rings (SSSR count). The molecule has 1 aliphatic heterocycles. The Hall–Kier alpha value is -2.94. The minimum Gasteiger partial charge on any atom is -0.369 e. The molecule has 0 aromatic heterocycles. The molecule has 1 N–H and O–H groups in total. The van der Waals surface area contributed by atoms with Crippen LogP contribution in [0.4, 0.5) is 14.5 Å². The summed E-state index contributed by atoms with van der Waals surface area (Å²) >= 11 is 0. The molecule has 1 saturated heterocycles. The number of amides is 1. The molecule has 4 nitrogen and oxygen atoms in total. The Morgan fingerprint density at radius 3 is 2.61 bits per heavy atom. The van der Waals surface area contributed by atoms with E-state index in [9.17, 15) is 13.6 Å². The number of halogens is 2. The molecule has 0 saturated carbocycles. The van der Waals surface area contributed by atoms with Gasteiger partial charge in [0.2, 0.25) is 5.91 Å². The molecule has 1 atom stereocenters. The highest BCUT2D eigenvalue weighted by Gasteiger charge is 2.31. The maximum Gasteiger partial charge on any atom is 0.223 e. The van der Waals surface area contributed by atoms with E-state index in [2.05, 4.69) is 5.32 Å². The minimum atomic E-state index is -0.411. The number of nitriles is 1. The highest BCUT2D eigenvalue weighted by atomic mass is 19.1. The van der Waals surface area contributed by atoms with Gasteiger partial charge in [-0.15, -0.1) is 0 Å². The maximum atomic E-state index is 14.2. The largest absolute Gasteiger partial charge is 0.369 e. The molecular weight excluding hydrogens is 360 g/mol. The summed E-state index contributed by atoms with van der Waals surface area (Å²) in [6.07, 6.45) is 2.63. The summed E-state index contributed by atoms with van der Waals surface area (Å²) < 4.78 is 28.1. The maximum absolute atomic E-state index is 14.2. The van der Waals surface area contributed by atoms with Crippen molar-refractivity contribution in [3.63, 3.8) is 0 Å². The van der Waals surface area contributed by atoms with Gasteiger partial charge < -0.3 is 10.2 Å². The van der Waals surface area contributed by atoms with Crippen molar-refractivity contribution < 1.29 is 13.6 Å². The molecule has 2 aromatic rings. The summed E-state index contributed by atoms with van der Waals surface area (Å²) in [7, 11) is 0. The predicted octanol–water partition coefficient (Wildman–Crippen LogP) is 3.86. The number of carbonyl (C=O) groups excluding carboxylic acids is 1. The standard InChI is InChI=1S/C22H21F2N3O/c23-18-3-1-2-17-16(18)5-6-20(17)26-22(28)15-8-10-27(11-9-15)21-7-4-14(13-25)12-19(21)24/h1-4,7,12,15,20H,5-6,8-11H2,(H,26,28). The van der Waals surface area contributed by atoms with Crippen LogP contribution in [0.2, 0.25) is 0 Å². The summed E-state index contributed by atoms with van der Waals surface area (Å²) in [6.45, 7) is 1.16. The van der Waals surface area contributed by atoms with Crippen molar-refractivity contribution in [3.05, 3.63) is 64.7 Å². The van der Waals surface area contributed by atoms with Crippen LogP contribution < -0.4 is 10.2 Å². The zero-order valence-electron chi connectivity index (χ0n) is 15.4. The second-order valence-electron chi connectivity index (χ2n) is 7.45. The van der Waals surface area contributed by atoms with E-state index in [0.717, 1.165) is 12.0 Å². The van der Waals surface area contributed by atoms with Crippen LogP contribution in [-0.4, -0.2) is 19.0 Å². The first-order chi connectivity index (χ1) is 13.6. The zero-order chi connectivity index (χ0) is 19.7. The van der Waals surface area contributed by atoms with Crippen LogP contribution in [-0.2, 0) is 11.2 Å². The third-order valence-corrected chi connectivity index (χ3v) is 5.81. The van der Waals surface area contributed by atoms with E-state index < -0.39 is 5.82 Å². The number of anilines is 1. The molecule has 2 aromatic carbocycles. The van der Waals surface area contributed by atoms with E-state index in [0.29, 0.717) is 49.2 Å². The first-order valence-electron chi connectivity index (χ1n) is 9.59. The van der Waals surface area contributed by atoms with Crippen LogP contribution in [0.5, 0.6) is 0 Å². The van der Waals surface area contributed by atoms with Crippen LogP contribution >= 0.6 is 0 Å². The number of piperidine rings is 1. The van der Waals surface area contributed by atoms with E-state index in [1.165, 1.54) is 12.1 Å². The molecule has 0 bridgehead atoms. The molecule has 1 aliphatic carbocycles. The number of fused-ring (bicyclic) bond motifs is 1. The van der Waals surface area contributed by atoms with Gasteiger partial charge in [-0.25, -0.2) is 8.78 Å². The van der Waals surface area contributed by atoms with E-state index >= 15 is 0 Å². The Morgan fingerprint density at radius 1 is 1.11 bits per heavy atom.